The van der Waals surface area contributed by atoms with Gasteiger partial charge >= 0.3 is 0 Å². The third-order valence-corrected chi connectivity index (χ3v) is 13.2. The highest BCUT2D eigenvalue weighted by molar-refractivity contribution is 8.00. The molecule has 5 aromatic carbocycles. The van der Waals surface area contributed by atoms with Crippen molar-refractivity contribution in [1.82, 2.24) is 9.62 Å². The van der Waals surface area contributed by atoms with Gasteiger partial charge in [0.1, 0.15) is 5.69 Å². The average Bonchev–Trinajstić information content (AvgIpc) is 3.20. The van der Waals surface area contributed by atoms with E-state index in [2.05, 4.69) is 50.2 Å². The molecule has 2 atom stereocenters. The van der Waals surface area contributed by atoms with Crippen molar-refractivity contribution >= 4 is 56.4 Å². The average molecular weight is 796 g/mol. The Kier molecular flexibility index (Phi) is 12.1. The van der Waals surface area contributed by atoms with Gasteiger partial charge in [0.25, 0.3) is 21.6 Å². The van der Waals surface area contributed by atoms with Crippen LogP contribution in [0.2, 0.25) is 5.02 Å². The zero-order chi connectivity index (χ0) is 38.4. The van der Waals surface area contributed by atoms with E-state index in [4.69, 9.17) is 11.6 Å². The van der Waals surface area contributed by atoms with Gasteiger partial charge in [0.15, 0.2) is 0 Å². The van der Waals surface area contributed by atoms with Gasteiger partial charge < -0.3 is 10.2 Å². The number of nitrogens with one attached hydrogen (secondary N) is 2. The Morgan fingerprint density at radius 2 is 1.53 bits per heavy atom. The van der Waals surface area contributed by atoms with Gasteiger partial charge in [-0.1, -0.05) is 79.0 Å². The number of anilines is 2. The second kappa shape index (κ2) is 17.3. The van der Waals surface area contributed by atoms with Gasteiger partial charge in [-0.15, -0.1) is 11.8 Å². The van der Waals surface area contributed by atoms with Crippen LogP contribution in [0, 0.1) is 10.1 Å². The predicted octanol–water partition coefficient (Wildman–Crippen LogP) is 8.87. The van der Waals surface area contributed by atoms with Gasteiger partial charge in [-0.25, -0.2) is 13.1 Å². The number of piperazine rings is 1. The first-order chi connectivity index (χ1) is 26.6. The molecule has 1 aliphatic heterocycles. The first kappa shape index (κ1) is 38.4. The van der Waals surface area contributed by atoms with E-state index in [1.165, 1.54) is 23.3 Å². The van der Waals surface area contributed by atoms with Gasteiger partial charge in [-0.2, -0.15) is 0 Å². The summed E-state index contributed by atoms with van der Waals surface area (Å²) < 4.78 is 28.8. The van der Waals surface area contributed by atoms with Crippen LogP contribution in [-0.2, 0) is 16.6 Å². The van der Waals surface area contributed by atoms with E-state index >= 15 is 0 Å². The number of nitro groups is 1. The van der Waals surface area contributed by atoms with Crippen LogP contribution in [-0.4, -0.2) is 61.6 Å². The second-order valence-corrected chi connectivity index (χ2v) is 17.3. The zero-order valence-corrected chi connectivity index (χ0v) is 32.5. The molecular formula is C42H42ClN5O5S2. The smallest absolute Gasteiger partial charge is 0.293 e. The first-order valence-corrected chi connectivity index (χ1v) is 21.1. The van der Waals surface area contributed by atoms with E-state index in [1.807, 2.05) is 60.7 Å². The summed E-state index contributed by atoms with van der Waals surface area (Å²) in [6.07, 6.45) is 3.87. The van der Waals surface area contributed by atoms with Gasteiger partial charge in [-0.3, -0.25) is 19.8 Å². The Morgan fingerprint density at radius 1 is 0.836 bits per heavy atom. The van der Waals surface area contributed by atoms with Crippen molar-refractivity contribution in [3.05, 3.63) is 148 Å². The monoisotopic (exact) mass is 795 g/mol. The summed E-state index contributed by atoms with van der Waals surface area (Å²) in [7, 11) is -4.41. The minimum Gasteiger partial charge on any atom is -0.376 e. The lowest BCUT2D eigenvalue weighted by atomic mass is 9.94. The van der Waals surface area contributed by atoms with Crippen molar-refractivity contribution in [1.29, 1.82) is 0 Å². The normalized spacial score (nSPS) is 17.7. The van der Waals surface area contributed by atoms with Crippen LogP contribution in [0.4, 0.5) is 17.1 Å². The topological polar surface area (TPSA) is 125 Å². The van der Waals surface area contributed by atoms with Crippen molar-refractivity contribution in [3.8, 4) is 11.1 Å². The number of hydrogen-bond donors (Lipinski definition) is 2. The van der Waals surface area contributed by atoms with Crippen LogP contribution in [0.15, 0.2) is 131 Å². The number of hydrogen-bond acceptors (Lipinski definition) is 9. The van der Waals surface area contributed by atoms with Crippen LogP contribution >= 0.6 is 23.4 Å². The fourth-order valence-corrected chi connectivity index (χ4v) is 9.70. The van der Waals surface area contributed by atoms with Crippen molar-refractivity contribution in [2.24, 2.45) is 0 Å². The standard InChI is InChI=1S/C42H42ClN5O5S2/c43-33-18-14-30(15-19-33)37-11-5-4-8-32(37)29-46-24-26-47(27-25-46)34-20-16-31(17-21-34)42(49)45-55(52,53)36-22-23-38(40(28-36)48(50)51)44-39-12-6-7-13-41(39)54-35-9-2-1-3-10-35/h1-5,8-11,14-23,28,39,41,44H,6-7,12-13,24-27,29H2,(H,45,49)/t39-,41+/m0/s1. The van der Waals surface area contributed by atoms with Crippen molar-refractivity contribution < 1.29 is 18.1 Å². The maximum atomic E-state index is 13.3. The quantitative estimate of drug-likeness (QED) is 0.0941. The lowest BCUT2D eigenvalue weighted by Gasteiger charge is -2.36. The zero-order valence-electron chi connectivity index (χ0n) is 30.1. The Bertz CT molecular complexity index is 2230. The maximum Gasteiger partial charge on any atom is 0.293 e. The molecule has 0 radical (unpaired) electrons. The van der Waals surface area contributed by atoms with Crippen LogP contribution in [0.25, 0.3) is 11.1 Å². The summed E-state index contributed by atoms with van der Waals surface area (Å²) in [5, 5.41) is 16.4. The molecule has 0 bridgehead atoms. The van der Waals surface area contributed by atoms with Crippen molar-refractivity contribution in [2.75, 3.05) is 36.4 Å². The molecule has 2 aliphatic rings. The lowest BCUT2D eigenvalue weighted by molar-refractivity contribution is -0.384. The largest absolute Gasteiger partial charge is 0.376 e. The van der Waals surface area contributed by atoms with Gasteiger partial charge in [0, 0.05) is 71.3 Å². The molecular weight excluding hydrogens is 754 g/mol. The molecule has 55 heavy (non-hydrogen) atoms. The fourth-order valence-electron chi connectivity index (χ4n) is 7.27. The van der Waals surface area contributed by atoms with E-state index in [0.717, 1.165) is 80.6 Å². The molecule has 1 aliphatic carbocycles. The first-order valence-electron chi connectivity index (χ1n) is 18.4. The van der Waals surface area contributed by atoms with Crippen LogP contribution in [0.3, 0.4) is 0 Å². The van der Waals surface area contributed by atoms with E-state index in [9.17, 15) is 23.3 Å². The number of nitro benzene ring substituents is 1. The Balaban J connectivity index is 0.958. The maximum absolute atomic E-state index is 13.3. The highest BCUT2D eigenvalue weighted by Gasteiger charge is 2.30. The number of carbonyl (C=O) groups is 1. The summed E-state index contributed by atoms with van der Waals surface area (Å²) in [5.74, 6) is -0.816. The summed E-state index contributed by atoms with van der Waals surface area (Å²) in [5.41, 5.74) is 4.55. The molecule has 284 valence electrons. The van der Waals surface area contributed by atoms with E-state index in [1.54, 1.807) is 23.9 Å². The molecule has 10 nitrogen and oxygen atoms in total. The van der Waals surface area contributed by atoms with E-state index < -0.39 is 20.9 Å². The molecule has 0 unspecified atom stereocenters. The van der Waals surface area contributed by atoms with Crippen LogP contribution in [0.1, 0.15) is 41.6 Å². The summed E-state index contributed by atoms with van der Waals surface area (Å²) in [6, 6.07) is 36.9. The minimum absolute atomic E-state index is 0.0325. The van der Waals surface area contributed by atoms with Gasteiger partial charge in [0.05, 0.1) is 9.82 Å². The number of thioether (sulfide) groups is 1. The Morgan fingerprint density at radius 3 is 2.25 bits per heavy atom. The van der Waals surface area contributed by atoms with Gasteiger partial charge in [-0.05, 0) is 90.2 Å². The molecule has 5 aromatic rings. The molecule has 7 rings (SSSR count). The number of nitrogens with zero attached hydrogens (tertiary/aromatic N) is 3. The van der Waals surface area contributed by atoms with Crippen molar-refractivity contribution in [2.45, 2.75) is 53.3 Å². The number of amides is 1. The molecule has 13 heteroatoms. The van der Waals surface area contributed by atoms with Crippen LogP contribution < -0.4 is 14.9 Å². The summed E-state index contributed by atoms with van der Waals surface area (Å²) >= 11 is 7.86. The second-order valence-electron chi connectivity index (χ2n) is 13.8. The van der Waals surface area contributed by atoms with Crippen LogP contribution in [0.5, 0.6) is 0 Å². The van der Waals surface area contributed by atoms with Gasteiger partial charge in [0.2, 0.25) is 0 Å². The molecule has 2 N–H and O–H groups in total. The highest BCUT2D eigenvalue weighted by Crippen LogP contribution is 2.37. The SMILES string of the molecule is O=C(NS(=O)(=O)c1ccc(N[C@H]2CCCC[C@H]2Sc2ccccc2)c([N+](=O)[O-])c1)c1ccc(N2CCN(Cc3ccccc3-c3ccc(Cl)cc3)CC2)cc1. The summed E-state index contributed by atoms with van der Waals surface area (Å²) in [4.78, 5) is 30.2. The fraction of sp³-hybridized carbons (Fsp3) is 0.262. The third kappa shape index (κ3) is 9.50. The van der Waals surface area contributed by atoms with E-state index in [0.29, 0.717) is 5.02 Å². The summed E-state index contributed by atoms with van der Waals surface area (Å²) in [6.45, 7) is 4.10. The molecule has 2 fully saturated rings. The molecule has 1 saturated carbocycles. The van der Waals surface area contributed by atoms with E-state index in [-0.39, 0.29) is 33.1 Å². The molecule has 1 saturated heterocycles. The minimum atomic E-state index is -4.41. The Labute approximate surface area is 331 Å². The number of rotatable bonds is 12. The molecule has 0 spiro atoms. The predicted molar refractivity (Wildman–Crippen MR) is 221 cm³/mol. The van der Waals surface area contributed by atoms with Crippen molar-refractivity contribution in [3.63, 3.8) is 0 Å². The Hall–Kier alpha value is -4.88. The number of benzene rings is 5. The number of halogens is 1. The number of carbonyl (C=O) groups excluding carboxylic acids is 1. The lowest BCUT2D eigenvalue weighted by Crippen LogP contribution is -2.46. The highest BCUT2D eigenvalue weighted by atomic mass is 35.5. The molecule has 1 amide bonds. The third-order valence-electron chi connectivity index (χ3n) is 10.2. The number of sulfonamides is 1. The molecule has 0 aromatic heterocycles. The molecule has 1 heterocycles.